The maximum atomic E-state index is 12.7. The van der Waals surface area contributed by atoms with Crippen molar-refractivity contribution in [1.82, 2.24) is 0 Å². The monoisotopic (exact) mass is 386 g/mol. The number of carbonyl (C=O) groups is 2. The lowest BCUT2D eigenvalue weighted by atomic mass is 9.41. The van der Waals surface area contributed by atoms with E-state index in [0.29, 0.717) is 30.1 Å². The molecule has 152 valence electrons. The molecule has 4 atom stereocenters. The van der Waals surface area contributed by atoms with Crippen molar-refractivity contribution in [1.29, 1.82) is 0 Å². The zero-order valence-corrected chi connectivity index (χ0v) is 17.3. The average molecular weight is 386 g/mol. The minimum Gasteiger partial charge on any atom is -0.507 e. The van der Waals surface area contributed by atoms with Crippen molar-refractivity contribution in [2.24, 2.45) is 29.1 Å². The fourth-order valence-electron chi connectivity index (χ4n) is 6.08. The predicted octanol–water partition coefficient (Wildman–Crippen LogP) is 4.51. The minimum absolute atomic E-state index is 0.0150. The predicted molar refractivity (Wildman–Crippen MR) is 105 cm³/mol. The molecule has 0 saturated heterocycles. The van der Waals surface area contributed by atoms with Crippen molar-refractivity contribution in [2.45, 2.75) is 65.9 Å². The fraction of sp³-hybridized carbons (Fsp3) is 0.652. The number of Topliss-reactive ketones (excluding diaryl/α,β-unsaturated/α-hetero) is 1. The fourth-order valence-corrected chi connectivity index (χ4v) is 6.08. The van der Waals surface area contributed by atoms with Crippen molar-refractivity contribution in [3.63, 3.8) is 0 Å². The Labute approximate surface area is 166 Å². The Balaban J connectivity index is 1.84. The summed E-state index contributed by atoms with van der Waals surface area (Å²) in [7, 11) is 0. The maximum absolute atomic E-state index is 12.7. The molecule has 5 heteroatoms. The Morgan fingerprint density at radius 3 is 2.43 bits per heavy atom. The molecule has 0 spiro atoms. The number of hydrogen-bond acceptors (Lipinski definition) is 5. The molecule has 2 N–H and O–H groups in total. The van der Waals surface area contributed by atoms with Gasteiger partial charge in [-0.2, -0.15) is 0 Å². The van der Waals surface area contributed by atoms with Crippen LogP contribution < -0.4 is 4.74 Å². The second-order valence-electron chi connectivity index (χ2n) is 10.2. The van der Waals surface area contributed by atoms with Crippen LogP contribution >= 0.6 is 0 Å². The number of aldehydes is 1. The third-order valence-corrected chi connectivity index (χ3v) is 7.84. The third kappa shape index (κ3) is 2.37. The average Bonchev–Trinajstić information content (AvgIpc) is 2.59. The van der Waals surface area contributed by atoms with Gasteiger partial charge in [0.2, 0.25) is 0 Å². The van der Waals surface area contributed by atoms with Gasteiger partial charge in [0, 0.05) is 23.8 Å². The smallest absolute Gasteiger partial charge is 0.170 e. The van der Waals surface area contributed by atoms with Crippen molar-refractivity contribution in [2.75, 3.05) is 0 Å². The molecule has 0 unspecified atom stereocenters. The van der Waals surface area contributed by atoms with E-state index in [1.807, 2.05) is 13.8 Å². The topological polar surface area (TPSA) is 83.8 Å². The van der Waals surface area contributed by atoms with E-state index < -0.39 is 11.4 Å². The number of fused-ring (bicyclic) bond motifs is 1. The van der Waals surface area contributed by atoms with Crippen LogP contribution in [-0.2, 0) is 6.42 Å². The van der Waals surface area contributed by atoms with Crippen molar-refractivity contribution in [3.8, 4) is 17.2 Å². The molecule has 1 heterocycles. The van der Waals surface area contributed by atoms with E-state index in [1.165, 1.54) is 0 Å². The number of carbonyl (C=O) groups excluding carboxylic acids is 2. The van der Waals surface area contributed by atoms with Gasteiger partial charge in [0.05, 0.1) is 5.56 Å². The summed E-state index contributed by atoms with van der Waals surface area (Å²) in [6, 6.07) is 0. The first kappa shape index (κ1) is 19.3. The lowest BCUT2D eigenvalue weighted by molar-refractivity contribution is -0.217. The van der Waals surface area contributed by atoms with Gasteiger partial charge in [-0.3, -0.25) is 9.59 Å². The number of hydrogen-bond donors (Lipinski definition) is 2. The molecule has 4 aliphatic rings. The Bertz CT molecular complexity index is 868. The first-order chi connectivity index (χ1) is 13.0. The molecule has 5 nitrogen and oxygen atoms in total. The van der Waals surface area contributed by atoms with E-state index in [9.17, 15) is 19.8 Å². The van der Waals surface area contributed by atoms with Crippen LogP contribution in [0, 0.1) is 29.1 Å². The molecule has 1 aromatic rings. The van der Waals surface area contributed by atoms with Crippen LogP contribution in [0.1, 0.15) is 80.2 Å². The Morgan fingerprint density at radius 1 is 1.18 bits per heavy atom. The molecule has 0 aromatic heterocycles. The first-order valence-corrected chi connectivity index (χ1v) is 10.3. The minimum atomic E-state index is -0.458. The summed E-state index contributed by atoms with van der Waals surface area (Å²) >= 11 is 0. The second-order valence-corrected chi connectivity index (χ2v) is 10.2. The lowest BCUT2D eigenvalue weighted by Gasteiger charge is -2.67. The van der Waals surface area contributed by atoms with E-state index in [2.05, 4.69) is 20.8 Å². The summed E-state index contributed by atoms with van der Waals surface area (Å²) in [4.78, 5) is 24.5. The van der Waals surface area contributed by atoms with Gasteiger partial charge in [-0.1, -0.05) is 27.7 Å². The molecule has 28 heavy (non-hydrogen) atoms. The van der Waals surface area contributed by atoms with Gasteiger partial charge in [0.1, 0.15) is 28.4 Å². The van der Waals surface area contributed by atoms with Crippen LogP contribution in [0.25, 0.3) is 0 Å². The molecule has 3 aliphatic carbocycles. The van der Waals surface area contributed by atoms with Crippen LogP contribution in [0.2, 0.25) is 0 Å². The van der Waals surface area contributed by atoms with Gasteiger partial charge < -0.3 is 14.9 Å². The van der Waals surface area contributed by atoms with E-state index in [1.54, 1.807) is 0 Å². The molecule has 3 fully saturated rings. The third-order valence-electron chi connectivity index (χ3n) is 7.84. The normalized spacial score (nSPS) is 32.0. The summed E-state index contributed by atoms with van der Waals surface area (Å²) in [6.07, 6.45) is 3.41. The zero-order chi connectivity index (χ0) is 20.6. The van der Waals surface area contributed by atoms with Crippen LogP contribution in [0.4, 0.5) is 0 Å². The molecular weight excluding hydrogens is 356 g/mol. The van der Waals surface area contributed by atoms with E-state index >= 15 is 0 Å². The number of aromatic hydroxyl groups is 2. The van der Waals surface area contributed by atoms with Crippen LogP contribution in [0.15, 0.2) is 0 Å². The standard InChI is InChI=1S/C23H30O5/c1-11(2)6-16(25)18-19(26)14-8-13-7-12-9-17(22(12,3)4)23(13,5)28-21(14)15(10-24)20(18)27/h10-13,17,26-27H,6-9H2,1-5H3/t12-,13+,17+,23-/m0/s1. The number of phenols is 2. The highest BCUT2D eigenvalue weighted by atomic mass is 16.5. The number of benzene rings is 1. The highest BCUT2D eigenvalue weighted by molar-refractivity contribution is 6.05. The highest BCUT2D eigenvalue weighted by Crippen LogP contribution is 2.67. The van der Waals surface area contributed by atoms with Gasteiger partial charge in [0.15, 0.2) is 12.1 Å². The molecule has 0 radical (unpaired) electrons. The number of ketones is 1. The van der Waals surface area contributed by atoms with E-state index in [-0.39, 0.29) is 52.1 Å². The molecule has 5 rings (SSSR count). The van der Waals surface area contributed by atoms with Gasteiger partial charge >= 0.3 is 0 Å². The quantitative estimate of drug-likeness (QED) is 0.587. The molecule has 1 aromatic carbocycles. The van der Waals surface area contributed by atoms with Crippen molar-refractivity contribution >= 4 is 12.1 Å². The van der Waals surface area contributed by atoms with Gasteiger partial charge in [0.25, 0.3) is 0 Å². The van der Waals surface area contributed by atoms with Crippen LogP contribution in [0.3, 0.4) is 0 Å². The molecule has 2 bridgehead atoms. The molecule has 3 saturated carbocycles. The molecule has 0 amide bonds. The Hall–Kier alpha value is -2.04. The number of rotatable bonds is 4. The summed E-state index contributed by atoms with van der Waals surface area (Å²) < 4.78 is 6.45. The maximum Gasteiger partial charge on any atom is 0.170 e. The number of ether oxygens (including phenoxy) is 1. The molecular formula is C23H30O5. The summed E-state index contributed by atoms with van der Waals surface area (Å²) in [5.74, 6) is 0.525. The van der Waals surface area contributed by atoms with E-state index in [4.69, 9.17) is 4.74 Å². The van der Waals surface area contributed by atoms with E-state index in [0.717, 1.165) is 12.8 Å². The van der Waals surface area contributed by atoms with Crippen LogP contribution in [-0.4, -0.2) is 27.9 Å². The summed E-state index contributed by atoms with van der Waals surface area (Å²) in [5.41, 5.74) is 0.0858. The summed E-state index contributed by atoms with van der Waals surface area (Å²) in [5, 5.41) is 21.6. The zero-order valence-electron chi connectivity index (χ0n) is 17.3. The van der Waals surface area contributed by atoms with Crippen molar-refractivity contribution in [3.05, 3.63) is 16.7 Å². The van der Waals surface area contributed by atoms with Gasteiger partial charge in [-0.05, 0) is 43.4 Å². The second kappa shape index (κ2) is 5.98. The van der Waals surface area contributed by atoms with Gasteiger partial charge in [-0.25, -0.2) is 0 Å². The highest BCUT2D eigenvalue weighted by Gasteiger charge is 2.65. The van der Waals surface area contributed by atoms with Gasteiger partial charge in [-0.15, -0.1) is 0 Å². The largest absolute Gasteiger partial charge is 0.507 e. The Kier molecular flexibility index (Phi) is 4.12. The lowest BCUT2D eigenvalue weighted by Crippen LogP contribution is -2.67. The first-order valence-electron chi connectivity index (χ1n) is 10.3. The Morgan fingerprint density at radius 2 is 1.86 bits per heavy atom. The summed E-state index contributed by atoms with van der Waals surface area (Å²) in [6.45, 7) is 10.4. The van der Waals surface area contributed by atoms with Crippen molar-refractivity contribution < 1.29 is 24.5 Å². The molecule has 1 aliphatic heterocycles. The van der Waals surface area contributed by atoms with Crippen LogP contribution in [0.5, 0.6) is 17.2 Å². The SMILES string of the molecule is CC(C)CC(=O)c1c(O)c(C=O)c2c(c1O)C[C@H]1C[C@H]3C[C@H](C3(C)C)[C@@]1(C)O2. The number of phenolic OH excluding ortho intramolecular Hbond substituents is 2.